The Morgan fingerprint density at radius 1 is 1.03 bits per heavy atom. The topological polar surface area (TPSA) is 93.7 Å². The first-order valence-corrected chi connectivity index (χ1v) is 10.8. The van der Waals surface area contributed by atoms with E-state index in [1.165, 1.54) is 19.3 Å². The number of carbonyl (C=O) groups is 3. The van der Waals surface area contributed by atoms with Crippen molar-refractivity contribution in [3.63, 3.8) is 0 Å². The number of ether oxygens (including phenoxy) is 2. The van der Waals surface area contributed by atoms with Gasteiger partial charge < -0.3 is 20.1 Å². The number of hydrogen-bond acceptors (Lipinski definition) is 5. The first-order valence-electron chi connectivity index (χ1n) is 10.8. The molecule has 0 heterocycles. The molecule has 0 saturated heterocycles. The maximum atomic E-state index is 12.5. The van der Waals surface area contributed by atoms with Gasteiger partial charge in [0.15, 0.2) is 6.61 Å². The number of anilines is 1. The number of amides is 2. The number of carbonyl (C=O) groups excluding carboxylic acids is 3. The molecular formula is C23H30N2O5. The van der Waals surface area contributed by atoms with E-state index in [9.17, 15) is 14.4 Å². The van der Waals surface area contributed by atoms with Crippen molar-refractivity contribution in [1.82, 2.24) is 5.32 Å². The van der Waals surface area contributed by atoms with Gasteiger partial charge in [-0.3, -0.25) is 14.4 Å². The molecule has 0 unspecified atom stereocenters. The van der Waals surface area contributed by atoms with Crippen LogP contribution in [0.15, 0.2) is 24.3 Å². The minimum Gasteiger partial charge on any atom is -0.497 e. The fourth-order valence-corrected chi connectivity index (χ4v) is 6.18. The molecule has 5 rings (SSSR count). The maximum absolute atomic E-state index is 12.5. The van der Waals surface area contributed by atoms with Crippen LogP contribution in [0.4, 0.5) is 5.69 Å². The molecule has 7 nitrogen and oxygen atoms in total. The van der Waals surface area contributed by atoms with E-state index >= 15 is 0 Å². The van der Waals surface area contributed by atoms with Crippen molar-refractivity contribution >= 4 is 23.5 Å². The molecule has 7 heteroatoms. The summed E-state index contributed by atoms with van der Waals surface area (Å²) in [5, 5.41) is 5.32. The highest BCUT2D eigenvalue weighted by Gasteiger charge is 2.51. The molecule has 1 aromatic carbocycles. The number of hydrogen-bond donors (Lipinski definition) is 2. The summed E-state index contributed by atoms with van der Waals surface area (Å²) < 4.78 is 10.1. The van der Waals surface area contributed by atoms with Crippen LogP contribution < -0.4 is 15.4 Å². The van der Waals surface area contributed by atoms with E-state index in [1.54, 1.807) is 31.4 Å². The van der Waals surface area contributed by atoms with Gasteiger partial charge in [-0.25, -0.2) is 0 Å². The molecule has 0 atom stereocenters. The van der Waals surface area contributed by atoms with Gasteiger partial charge in [0, 0.05) is 18.2 Å². The van der Waals surface area contributed by atoms with E-state index in [-0.39, 0.29) is 17.9 Å². The Balaban J connectivity index is 1.17. The Bertz CT molecular complexity index is 786. The van der Waals surface area contributed by atoms with Gasteiger partial charge in [0.2, 0.25) is 5.91 Å². The smallest absolute Gasteiger partial charge is 0.325 e. The Labute approximate surface area is 176 Å². The lowest BCUT2D eigenvalue weighted by Gasteiger charge is -2.56. The van der Waals surface area contributed by atoms with E-state index in [2.05, 4.69) is 10.6 Å². The third kappa shape index (κ3) is 4.94. The van der Waals surface area contributed by atoms with E-state index in [0.717, 1.165) is 37.0 Å². The van der Waals surface area contributed by atoms with Crippen molar-refractivity contribution in [1.29, 1.82) is 0 Å². The molecule has 4 aliphatic rings. The first kappa shape index (κ1) is 20.7. The van der Waals surface area contributed by atoms with E-state index in [4.69, 9.17) is 9.47 Å². The lowest BCUT2D eigenvalue weighted by molar-refractivity contribution is -0.147. The SMILES string of the molecule is COc1cccc(NC(=O)COC(=O)CNC(=O)CC23CC4CC(CC(C4)C2)C3)c1. The molecule has 0 aromatic heterocycles. The molecule has 162 valence electrons. The average molecular weight is 415 g/mol. The highest BCUT2D eigenvalue weighted by molar-refractivity contribution is 5.93. The van der Waals surface area contributed by atoms with Crippen molar-refractivity contribution < 1.29 is 23.9 Å². The number of benzene rings is 1. The summed E-state index contributed by atoms with van der Waals surface area (Å²) in [7, 11) is 1.54. The van der Waals surface area contributed by atoms with Gasteiger partial charge in [-0.05, 0) is 73.8 Å². The second-order valence-electron chi connectivity index (χ2n) is 9.31. The summed E-state index contributed by atoms with van der Waals surface area (Å²) in [6.07, 6.45) is 7.98. The molecular weight excluding hydrogens is 384 g/mol. The first-order chi connectivity index (χ1) is 14.4. The van der Waals surface area contributed by atoms with Gasteiger partial charge in [-0.15, -0.1) is 0 Å². The zero-order valence-corrected chi connectivity index (χ0v) is 17.4. The molecule has 1 aromatic rings. The van der Waals surface area contributed by atoms with Gasteiger partial charge in [0.25, 0.3) is 5.91 Å². The number of esters is 1. The van der Waals surface area contributed by atoms with Crippen molar-refractivity contribution in [2.45, 2.75) is 44.9 Å². The molecule has 2 amide bonds. The molecule has 2 N–H and O–H groups in total. The lowest BCUT2D eigenvalue weighted by atomic mass is 9.49. The zero-order chi connectivity index (χ0) is 21.1. The molecule has 4 saturated carbocycles. The number of nitrogens with one attached hydrogen (secondary N) is 2. The van der Waals surface area contributed by atoms with Gasteiger partial charge >= 0.3 is 5.97 Å². The monoisotopic (exact) mass is 414 g/mol. The average Bonchev–Trinajstić information content (AvgIpc) is 2.69. The zero-order valence-electron chi connectivity index (χ0n) is 17.4. The van der Waals surface area contributed by atoms with Gasteiger partial charge in [-0.1, -0.05) is 6.07 Å². The fourth-order valence-electron chi connectivity index (χ4n) is 6.18. The standard InChI is InChI=1S/C23H30N2O5/c1-29-19-4-2-3-18(8-19)25-21(27)14-30-22(28)13-24-20(26)12-23-9-15-5-16(10-23)7-17(6-15)11-23/h2-4,8,15-17H,5-7,9-14H2,1H3,(H,24,26)(H,25,27). The minimum absolute atomic E-state index is 0.0882. The van der Waals surface area contributed by atoms with Crippen molar-refractivity contribution in [2.75, 3.05) is 25.6 Å². The quantitative estimate of drug-likeness (QED) is 0.638. The molecule has 4 bridgehead atoms. The van der Waals surface area contributed by atoms with Gasteiger partial charge in [0.05, 0.1) is 7.11 Å². The summed E-state index contributed by atoms with van der Waals surface area (Å²) in [6, 6.07) is 6.90. The summed E-state index contributed by atoms with van der Waals surface area (Å²) in [4.78, 5) is 36.3. The fraction of sp³-hybridized carbons (Fsp3) is 0.609. The number of methoxy groups -OCH3 is 1. The van der Waals surface area contributed by atoms with Crippen LogP contribution in [0.3, 0.4) is 0 Å². The van der Waals surface area contributed by atoms with Crippen LogP contribution in [-0.2, 0) is 19.1 Å². The third-order valence-electron chi connectivity index (χ3n) is 6.85. The van der Waals surface area contributed by atoms with Gasteiger partial charge in [-0.2, -0.15) is 0 Å². The van der Waals surface area contributed by atoms with Crippen molar-refractivity contribution in [2.24, 2.45) is 23.2 Å². The summed E-state index contributed by atoms with van der Waals surface area (Å²) >= 11 is 0. The second kappa shape index (κ2) is 8.66. The van der Waals surface area contributed by atoms with Crippen molar-refractivity contribution in [3.8, 4) is 5.75 Å². The Morgan fingerprint density at radius 2 is 1.70 bits per heavy atom. The predicted molar refractivity (Wildman–Crippen MR) is 111 cm³/mol. The second-order valence-corrected chi connectivity index (χ2v) is 9.31. The highest BCUT2D eigenvalue weighted by Crippen LogP contribution is 2.61. The Kier molecular flexibility index (Phi) is 5.97. The van der Waals surface area contributed by atoms with Crippen LogP contribution >= 0.6 is 0 Å². The molecule has 30 heavy (non-hydrogen) atoms. The third-order valence-corrected chi connectivity index (χ3v) is 6.85. The molecule has 0 aliphatic heterocycles. The molecule has 4 aliphatic carbocycles. The van der Waals surface area contributed by atoms with Crippen LogP contribution in [0.5, 0.6) is 5.75 Å². The van der Waals surface area contributed by atoms with E-state index in [1.807, 2.05) is 0 Å². The largest absolute Gasteiger partial charge is 0.497 e. The van der Waals surface area contributed by atoms with Crippen LogP contribution in [0.25, 0.3) is 0 Å². The predicted octanol–water partition coefficient (Wildman–Crippen LogP) is 2.90. The van der Waals surface area contributed by atoms with E-state index < -0.39 is 18.5 Å². The molecule has 4 fully saturated rings. The lowest BCUT2D eigenvalue weighted by Crippen LogP contribution is -2.48. The number of rotatable bonds is 8. The van der Waals surface area contributed by atoms with Crippen LogP contribution in [-0.4, -0.2) is 38.0 Å². The molecule has 0 spiro atoms. The highest BCUT2D eigenvalue weighted by atomic mass is 16.5. The minimum atomic E-state index is -0.616. The Morgan fingerprint density at radius 3 is 2.33 bits per heavy atom. The Hall–Kier alpha value is -2.57. The van der Waals surface area contributed by atoms with Gasteiger partial charge in [0.1, 0.15) is 12.3 Å². The summed E-state index contributed by atoms with van der Waals surface area (Å²) in [6.45, 7) is -0.613. The maximum Gasteiger partial charge on any atom is 0.325 e. The molecule has 0 radical (unpaired) electrons. The van der Waals surface area contributed by atoms with Crippen molar-refractivity contribution in [3.05, 3.63) is 24.3 Å². The van der Waals surface area contributed by atoms with Crippen LogP contribution in [0.1, 0.15) is 44.9 Å². The normalized spacial score (nSPS) is 28.6. The van der Waals surface area contributed by atoms with Crippen LogP contribution in [0, 0.1) is 23.2 Å². The summed E-state index contributed by atoms with van der Waals surface area (Å²) in [5.41, 5.74) is 0.693. The van der Waals surface area contributed by atoms with Crippen LogP contribution in [0.2, 0.25) is 0 Å². The summed E-state index contributed by atoms with van der Waals surface area (Å²) in [5.74, 6) is 1.83. The van der Waals surface area contributed by atoms with E-state index in [0.29, 0.717) is 17.9 Å².